The van der Waals surface area contributed by atoms with Crippen LogP contribution >= 0.6 is 15.9 Å². The Labute approximate surface area is 251 Å². The van der Waals surface area contributed by atoms with Gasteiger partial charge in [-0.2, -0.15) is 0 Å². The van der Waals surface area contributed by atoms with Crippen molar-refractivity contribution in [3.63, 3.8) is 0 Å². The van der Waals surface area contributed by atoms with E-state index in [1.165, 1.54) is 4.90 Å². The van der Waals surface area contributed by atoms with Crippen molar-refractivity contribution >= 4 is 72.3 Å². The summed E-state index contributed by atoms with van der Waals surface area (Å²) < 4.78 is 0.737. The number of carbonyl (C=O) groups is 3. The topological polar surface area (TPSA) is 144 Å². The first-order chi connectivity index (χ1) is 20.7. The first-order valence-corrected chi connectivity index (χ1v) is 13.8. The number of nitro groups is 2. The molecule has 5 aromatic carbocycles. The molecule has 0 N–H and O–H groups in total. The fourth-order valence-electron chi connectivity index (χ4n) is 5.37. The van der Waals surface area contributed by atoms with Gasteiger partial charge < -0.3 is 4.90 Å². The van der Waals surface area contributed by atoms with Crippen LogP contribution in [0.25, 0.3) is 21.5 Å². The molecule has 0 saturated heterocycles. The lowest BCUT2D eigenvalue weighted by molar-refractivity contribution is -0.394. The van der Waals surface area contributed by atoms with Crippen LogP contribution < -0.4 is 4.90 Å². The Hall–Kier alpha value is -5.49. The summed E-state index contributed by atoms with van der Waals surface area (Å²) in [6.07, 6.45) is 0. The fraction of sp³-hybridized carbons (Fsp3) is 0.0645. The van der Waals surface area contributed by atoms with Crippen LogP contribution in [0, 0.1) is 20.2 Å². The zero-order chi connectivity index (χ0) is 30.4. The highest BCUT2D eigenvalue weighted by atomic mass is 79.9. The molecule has 0 spiro atoms. The lowest BCUT2D eigenvalue weighted by atomic mass is 9.94. The van der Waals surface area contributed by atoms with E-state index >= 15 is 0 Å². The molecule has 0 saturated carbocycles. The summed E-state index contributed by atoms with van der Waals surface area (Å²) in [5, 5.41) is 25.8. The van der Waals surface area contributed by atoms with Gasteiger partial charge in [0.25, 0.3) is 29.1 Å². The van der Waals surface area contributed by atoms with E-state index in [-0.39, 0.29) is 18.7 Å². The predicted molar refractivity (Wildman–Crippen MR) is 162 cm³/mol. The Kier molecular flexibility index (Phi) is 6.90. The largest absolute Gasteiger partial charge is 0.306 e. The normalized spacial score (nSPS) is 12.5. The van der Waals surface area contributed by atoms with Gasteiger partial charge in [-0.25, -0.2) is 0 Å². The molecule has 43 heavy (non-hydrogen) atoms. The molecule has 0 aliphatic carbocycles. The number of halogens is 1. The van der Waals surface area contributed by atoms with Crippen molar-refractivity contribution in [1.82, 2.24) is 4.90 Å². The number of nitro benzene ring substituents is 2. The summed E-state index contributed by atoms with van der Waals surface area (Å²) in [7, 11) is 0. The SMILES string of the molecule is O=C1c2cccc3c(Br)ccc(c23)C(=O)N1CCN(C(=O)c1cc([N+](=O)[O-])cc([N+](=O)[O-])c1)c1cccc2ccccc12. The van der Waals surface area contributed by atoms with E-state index in [0.29, 0.717) is 27.6 Å². The Morgan fingerprint density at radius 3 is 2.07 bits per heavy atom. The number of nitrogens with zero attached hydrogens (tertiary/aromatic N) is 4. The highest BCUT2D eigenvalue weighted by Crippen LogP contribution is 2.35. The number of fused-ring (bicyclic) bond motifs is 1. The number of amides is 3. The Morgan fingerprint density at radius 1 is 0.767 bits per heavy atom. The van der Waals surface area contributed by atoms with Crippen LogP contribution in [0.2, 0.25) is 0 Å². The second-order valence-corrected chi connectivity index (χ2v) is 10.6. The smallest absolute Gasteiger partial charge is 0.277 e. The van der Waals surface area contributed by atoms with Gasteiger partial charge in [-0.1, -0.05) is 64.5 Å². The van der Waals surface area contributed by atoms with E-state index in [9.17, 15) is 34.6 Å². The van der Waals surface area contributed by atoms with Gasteiger partial charge in [0.05, 0.1) is 27.2 Å². The van der Waals surface area contributed by atoms with Crippen molar-refractivity contribution < 1.29 is 24.2 Å². The molecular formula is C31H19BrN4O7. The van der Waals surface area contributed by atoms with Gasteiger partial charge in [-0.3, -0.25) is 39.5 Å². The van der Waals surface area contributed by atoms with Gasteiger partial charge in [0, 0.05) is 51.6 Å². The van der Waals surface area contributed by atoms with E-state index in [2.05, 4.69) is 15.9 Å². The predicted octanol–water partition coefficient (Wildman–Crippen LogP) is 6.51. The summed E-state index contributed by atoms with van der Waals surface area (Å²) in [4.78, 5) is 65.1. The first-order valence-electron chi connectivity index (χ1n) is 13.0. The Morgan fingerprint density at radius 2 is 1.37 bits per heavy atom. The number of non-ortho nitro benzene ring substituents is 2. The molecule has 3 amide bonds. The molecule has 0 aromatic heterocycles. The van der Waals surface area contributed by atoms with E-state index < -0.39 is 38.9 Å². The van der Waals surface area contributed by atoms with Crippen LogP contribution in [-0.2, 0) is 0 Å². The maximum Gasteiger partial charge on any atom is 0.277 e. The standard InChI is InChI=1S/C31H19BrN4O7/c32-26-12-11-25-28-23(26)8-4-9-24(28)30(38)34(31(25)39)14-13-33(27-10-3-6-18-5-1-2-7-22(18)27)29(37)19-15-20(35(40)41)17-21(16-19)36(42)43/h1-12,15-17H,13-14H2. The molecule has 0 radical (unpaired) electrons. The quantitative estimate of drug-likeness (QED) is 0.112. The summed E-state index contributed by atoms with van der Waals surface area (Å²) >= 11 is 3.47. The number of hydrogen-bond donors (Lipinski definition) is 0. The number of rotatable bonds is 7. The first kappa shape index (κ1) is 27.7. The summed E-state index contributed by atoms with van der Waals surface area (Å²) in [6, 6.07) is 23.7. The maximum atomic E-state index is 14.1. The molecule has 0 bridgehead atoms. The van der Waals surface area contributed by atoms with Gasteiger partial charge in [0.2, 0.25) is 0 Å². The molecular weight excluding hydrogens is 620 g/mol. The fourth-order valence-corrected chi connectivity index (χ4v) is 5.84. The van der Waals surface area contributed by atoms with Gasteiger partial charge in [-0.15, -0.1) is 0 Å². The summed E-state index contributed by atoms with van der Waals surface area (Å²) in [5.74, 6) is -1.83. The van der Waals surface area contributed by atoms with Crippen molar-refractivity contribution in [1.29, 1.82) is 0 Å². The summed E-state index contributed by atoms with van der Waals surface area (Å²) in [5.41, 5.74) is -0.442. The molecule has 5 aromatic rings. The lowest BCUT2D eigenvalue weighted by Gasteiger charge is -2.31. The van der Waals surface area contributed by atoms with Crippen molar-refractivity contribution in [2.75, 3.05) is 18.0 Å². The minimum Gasteiger partial charge on any atom is -0.306 e. The van der Waals surface area contributed by atoms with Crippen LogP contribution in [0.15, 0.2) is 95.5 Å². The monoisotopic (exact) mass is 638 g/mol. The van der Waals surface area contributed by atoms with Crippen LogP contribution in [0.1, 0.15) is 31.1 Å². The van der Waals surface area contributed by atoms with Crippen molar-refractivity contribution in [3.05, 3.63) is 132 Å². The summed E-state index contributed by atoms with van der Waals surface area (Å²) in [6.45, 7) is -0.405. The van der Waals surface area contributed by atoms with Crippen LogP contribution in [-0.4, -0.2) is 45.6 Å². The van der Waals surface area contributed by atoms with Crippen molar-refractivity contribution in [2.45, 2.75) is 0 Å². The van der Waals surface area contributed by atoms with Crippen LogP contribution in [0.3, 0.4) is 0 Å². The Bertz CT molecular complexity index is 1980. The van der Waals surface area contributed by atoms with Gasteiger partial charge >= 0.3 is 0 Å². The Balaban J connectivity index is 1.43. The molecule has 1 aliphatic heterocycles. The third kappa shape index (κ3) is 4.77. The third-order valence-electron chi connectivity index (χ3n) is 7.36. The average Bonchev–Trinajstić information content (AvgIpc) is 3.01. The van der Waals surface area contributed by atoms with Crippen molar-refractivity contribution in [2.24, 2.45) is 0 Å². The molecule has 212 valence electrons. The molecule has 1 aliphatic rings. The van der Waals surface area contributed by atoms with Gasteiger partial charge in [0.1, 0.15) is 0 Å². The van der Waals surface area contributed by atoms with E-state index in [4.69, 9.17) is 0 Å². The molecule has 0 atom stereocenters. The molecule has 12 heteroatoms. The maximum absolute atomic E-state index is 14.1. The van der Waals surface area contributed by atoms with Crippen molar-refractivity contribution in [3.8, 4) is 0 Å². The molecule has 0 unspecified atom stereocenters. The number of hydrogen-bond acceptors (Lipinski definition) is 7. The highest BCUT2D eigenvalue weighted by molar-refractivity contribution is 9.10. The lowest BCUT2D eigenvalue weighted by Crippen LogP contribution is -2.46. The molecule has 11 nitrogen and oxygen atoms in total. The average molecular weight is 639 g/mol. The van der Waals surface area contributed by atoms with E-state index in [1.807, 2.05) is 24.3 Å². The number of benzene rings is 5. The minimum absolute atomic E-state index is 0.192. The minimum atomic E-state index is -0.812. The zero-order valence-corrected chi connectivity index (χ0v) is 23.7. The molecule has 0 fully saturated rings. The third-order valence-corrected chi connectivity index (χ3v) is 8.05. The van der Waals surface area contributed by atoms with E-state index in [1.54, 1.807) is 48.5 Å². The number of carbonyl (C=O) groups excluding carboxylic acids is 3. The van der Waals surface area contributed by atoms with Gasteiger partial charge in [0.15, 0.2) is 0 Å². The van der Waals surface area contributed by atoms with Crippen LogP contribution in [0.5, 0.6) is 0 Å². The molecule has 1 heterocycles. The second kappa shape index (κ2) is 10.7. The second-order valence-electron chi connectivity index (χ2n) is 9.79. The van der Waals surface area contributed by atoms with Gasteiger partial charge in [-0.05, 0) is 35.0 Å². The highest BCUT2D eigenvalue weighted by Gasteiger charge is 2.34. The molecule has 6 rings (SSSR count). The number of anilines is 1. The zero-order valence-electron chi connectivity index (χ0n) is 22.1. The number of imide groups is 1. The van der Waals surface area contributed by atoms with E-state index in [0.717, 1.165) is 38.3 Å². The van der Waals surface area contributed by atoms with Crippen LogP contribution in [0.4, 0.5) is 17.1 Å².